The minimum Gasteiger partial charge on any atom is -0.330 e. The van der Waals surface area contributed by atoms with E-state index >= 15 is 0 Å². The largest absolute Gasteiger partial charge is 0.330 e. The molecule has 2 rings (SSSR count). The van der Waals surface area contributed by atoms with Crippen molar-refractivity contribution in [3.05, 3.63) is 35.4 Å². The molecule has 1 fully saturated rings. The number of rotatable bonds is 4. The number of alkyl halides is 2. The zero-order valence-corrected chi connectivity index (χ0v) is 10.7. The molecule has 1 aliphatic rings. The normalized spacial score (nSPS) is 24.9. The van der Waals surface area contributed by atoms with Crippen LogP contribution in [0.25, 0.3) is 0 Å². The second-order valence-electron chi connectivity index (χ2n) is 5.16. The molecule has 1 saturated heterocycles. The predicted molar refractivity (Wildman–Crippen MR) is 68.4 cm³/mol. The summed E-state index contributed by atoms with van der Waals surface area (Å²) in [5, 5.41) is 0. The molecule has 1 aromatic rings. The molecule has 2 atom stereocenters. The summed E-state index contributed by atoms with van der Waals surface area (Å²) in [4.78, 5) is 2.37. The third kappa shape index (κ3) is 3.06. The Hall–Kier alpha value is -1.00. The van der Waals surface area contributed by atoms with Gasteiger partial charge in [0.1, 0.15) is 0 Å². The molecule has 4 heteroatoms. The molecular weight excluding hydrogens is 234 g/mol. The Balaban J connectivity index is 1.97. The van der Waals surface area contributed by atoms with E-state index in [-0.39, 0.29) is 5.56 Å². The van der Waals surface area contributed by atoms with Crippen LogP contribution in [0.2, 0.25) is 0 Å². The van der Waals surface area contributed by atoms with Gasteiger partial charge >= 0.3 is 0 Å². The van der Waals surface area contributed by atoms with Crippen LogP contribution in [0.15, 0.2) is 24.3 Å². The molecule has 0 saturated carbocycles. The first kappa shape index (κ1) is 13.4. The predicted octanol–water partition coefficient (Wildman–Crippen LogP) is 2.79. The molecule has 1 aromatic carbocycles. The quantitative estimate of drug-likeness (QED) is 0.895. The zero-order valence-electron chi connectivity index (χ0n) is 10.7. The van der Waals surface area contributed by atoms with Crippen molar-refractivity contribution in [2.75, 3.05) is 13.1 Å². The van der Waals surface area contributed by atoms with Crippen molar-refractivity contribution in [1.82, 2.24) is 4.90 Å². The van der Waals surface area contributed by atoms with Crippen molar-refractivity contribution in [3.63, 3.8) is 0 Å². The van der Waals surface area contributed by atoms with E-state index in [0.29, 0.717) is 12.0 Å². The van der Waals surface area contributed by atoms with Crippen molar-refractivity contribution in [2.45, 2.75) is 32.4 Å². The van der Waals surface area contributed by atoms with Gasteiger partial charge < -0.3 is 5.73 Å². The standard InChI is InChI=1S/C14H20F2N2/c1-10-6-12(7-17)9-18(10)8-11-2-4-13(5-3-11)14(15)16/h2-5,10,12,14H,6-9,17H2,1H3. The van der Waals surface area contributed by atoms with Crippen LogP contribution in [-0.4, -0.2) is 24.0 Å². The second-order valence-corrected chi connectivity index (χ2v) is 5.16. The van der Waals surface area contributed by atoms with Gasteiger partial charge in [0.15, 0.2) is 0 Å². The summed E-state index contributed by atoms with van der Waals surface area (Å²) in [7, 11) is 0. The van der Waals surface area contributed by atoms with Crippen LogP contribution in [-0.2, 0) is 6.54 Å². The molecule has 0 aromatic heterocycles. The molecule has 1 aliphatic heterocycles. The van der Waals surface area contributed by atoms with Gasteiger partial charge in [-0.3, -0.25) is 4.90 Å². The van der Waals surface area contributed by atoms with Crippen LogP contribution in [0.3, 0.4) is 0 Å². The Morgan fingerprint density at radius 3 is 2.50 bits per heavy atom. The summed E-state index contributed by atoms with van der Waals surface area (Å²) in [5.74, 6) is 0.570. The lowest BCUT2D eigenvalue weighted by atomic mass is 10.1. The lowest BCUT2D eigenvalue weighted by molar-refractivity contribution is 0.151. The number of likely N-dealkylation sites (tertiary alicyclic amines) is 1. The Kier molecular flexibility index (Phi) is 4.30. The lowest BCUT2D eigenvalue weighted by Crippen LogP contribution is -2.27. The molecule has 18 heavy (non-hydrogen) atoms. The fourth-order valence-corrected chi connectivity index (χ4v) is 2.61. The fourth-order valence-electron chi connectivity index (χ4n) is 2.61. The summed E-state index contributed by atoms with van der Waals surface area (Å²) in [6.45, 7) is 4.75. The van der Waals surface area contributed by atoms with E-state index in [4.69, 9.17) is 5.73 Å². The smallest absolute Gasteiger partial charge is 0.263 e. The number of benzene rings is 1. The summed E-state index contributed by atoms with van der Waals surface area (Å²) >= 11 is 0. The molecule has 0 amide bonds. The maximum absolute atomic E-state index is 12.4. The molecule has 100 valence electrons. The molecular formula is C14H20F2N2. The minimum absolute atomic E-state index is 0.0908. The highest BCUT2D eigenvalue weighted by Gasteiger charge is 2.27. The molecule has 2 nitrogen and oxygen atoms in total. The van der Waals surface area contributed by atoms with E-state index < -0.39 is 6.43 Å². The number of hydrogen-bond acceptors (Lipinski definition) is 2. The first-order valence-corrected chi connectivity index (χ1v) is 6.41. The SMILES string of the molecule is CC1CC(CN)CN1Cc1ccc(C(F)F)cc1. The monoisotopic (exact) mass is 254 g/mol. The molecule has 2 unspecified atom stereocenters. The number of nitrogens with zero attached hydrogens (tertiary/aromatic N) is 1. The maximum atomic E-state index is 12.4. The molecule has 0 aliphatic carbocycles. The van der Waals surface area contributed by atoms with Gasteiger partial charge in [-0.1, -0.05) is 24.3 Å². The van der Waals surface area contributed by atoms with E-state index in [1.54, 1.807) is 12.1 Å². The third-order valence-electron chi connectivity index (χ3n) is 3.74. The highest BCUT2D eigenvalue weighted by Crippen LogP contribution is 2.25. The van der Waals surface area contributed by atoms with Crippen molar-refractivity contribution < 1.29 is 8.78 Å². The maximum Gasteiger partial charge on any atom is 0.263 e. The number of hydrogen-bond donors (Lipinski definition) is 1. The van der Waals surface area contributed by atoms with Gasteiger partial charge in [0.25, 0.3) is 6.43 Å². The minimum atomic E-state index is -2.38. The van der Waals surface area contributed by atoms with Gasteiger partial charge in [0.2, 0.25) is 0 Å². The third-order valence-corrected chi connectivity index (χ3v) is 3.74. The molecule has 0 bridgehead atoms. The van der Waals surface area contributed by atoms with Crippen LogP contribution >= 0.6 is 0 Å². The van der Waals surface area contributed by atoms with Crippen molar-refractivity contribution in [3.8, 4) is 0 Å². The van der Waals surface area contributed by atoms with Crippen LogP contribution in [0.1, 0.15) is 30.9 Å². The van der Waals surface area contributed by atoms with Gasteiger partial charge in [-0.2, -0.15) is 0 Å². The van der Waals surface area contributed by atoms with Crippen LogP contribution in [0.4, 0.5) is 8.78 Å². The topological polar surface area (TPSA) is 29.3 Å². The van der Waals surface area contributed by atoms with Gasteiger partial charge in [-0.25, -0.2) is 8.78 Å². The molecule has 0 radical (unpaired) electrons. The fraction of sp³-hybridized carbons (Fsp3) is 0.571. The summed E-state index contributed by atoms with van der Waals surface area (Å²) in [5.41, 5.74) is 6.87. The van der Waals surface area contributed by atoms with Crippen LogP contribution in [0.5, 0.6) is 0 Å². The van der Waals surface area contributed by atoms with E-state index in [1.165, 1.54) is 12.1 Å². The van der Waals surface area contributed by atoms with Crippen LogP contribution in [0, 0.1) is 5.92 Å². The second kappa shape index (κ2) is 5.76. The van der Waals surface area contributed by atoms with Crippen molar-refractivity contribution >= 4 is 0 Å². The van der Waals surface area contributed by atoms with Gasteiger partial charge in [0.05, 0.1) is 0 Å². The van der Waals surface area contributed by atoms with E-state index in [1.807, 2.05) is 0 Å². The van der Waals surface area contributed by atoms with Gasteiger partial charge in [-0.05, 0) is 31.4 Å². The van der Waals surface area contributed by atoms with E-state index in [9.17, 15) is 8.78 Å². The number of nitrogens with two attached hydrogens (primary N) is 1. The Labute approximate surface area is 107 Å². The first-order valence-electron chi connectivity index (χ1n) is 6.41. The average molecular weight is 254 g/mol. The van der Waals surface area contributed by atoms with Crippen LogP contribution < -0.4 is 5.73 Å². The average Bonchev–Trinajstić information content (AvgIpc) is 2.71. The van der Waals surface area contributed by atoms with Crippen molar-refractivity contribution in [2.24, 2.45) is 11.7 Å². The number of halogens is 2. The first-order chi connectivity index (χ1) is 8.60. The molecule has 2 N–H and O–H groups in total. The summed E-state index contributed by atoms with van der Waals surface area (Å²) in [6.07, 6.45) is -1.25. The van der Waals surface area contributed by atoms with E-state index in [0.717, 1.165) is 31.6 Å². The Morgan fingerprint density at radius 1 is 1.33 bits per heavy atom. The highest BCUT2D eigenvalue weighted by atomic mass is 19.3. The molecule has 0 spiro atoms. The Bertz CT molecular complexity index is 378. The van der Waals surface area contributed by atoms with E-state index in [2.05, 4.69) is 11.8 Å². The zero-order chi connectivity index (χ0) is 13.1. The van der Waals surface area contributed by atoms with Gasteiger partial charge in [0, 0.05) is 24.7 Å². The van der Waals surface area contributed by atoms with Gasteiger partial charge in [-0.15, -0.1) is 0 Å². The molecule has 1 heterocycles. The lowest BCUT2D eigenvalue weighted by Gasteiger charge is -2.21. The summed E-state index contributed by atoms with van der Waals surface area (Å²) < 4.78 is 24.9. The Morgan fingerprint density at radius 2 is 2.00 bits per heavy atom. The summed E-state index contributed by atoms with van der Waals surface area (Å²) in [6, 6.07) is 7.14. The van der Waals surface area contributed by atoms with Crippen molar-refractivity contribution in [1.29, 1.82) is 0 Å². The highest BCUT2D eigenvalue weighted by molar-refractivity contribution is 5.23.